The number of hydrogen-bond acceptors (Lipinski definition) is 3. The van der Waals surface area contributed by atoms with Crippen LogP contribution in [0.25, 0.3) is 5.57 Å². The van der Waals surface area contributed by atoms with Crippen molar-refractivity contribution in [3.63, 3.8) is 0 Å². The number of nitrogens with zero attached hydrogens (tertiary/aromatic N) is 1. The number of ketones is 1. The minimum Gasteiger partial charge on any atom is -0.489 e. The number of carbonyl (C=O) groups is 1. The highest BCUT2D eigenvalue weighted by Gasteiger charge is 2.31. The van der Waals surface area contributed by atoms with Crippen LogP contribution < -0.4 is 4.74 Å². The van der Waals surface area contributed by atoms with Gasteiger partial charge >= 0.3 is 0 Å². The van der Waals surface area contributed by atoms with E-state index >= 15 is 0 Å². The average Bonchev–Trinajstić information content (AvgIpc) is 3.08. The Balaban J connectivity index is 1.46. The molecule has 0 aliphatic carbocycles. The first-order valence-corrected chi connectivity index (χ1v) is 8.57. The van der Waals surface area contributed by atoms with Crippen LogP contribution in [0.1, 0.15) is 30.4 Å². The summed E-state index contributed by atoms with van der Waals surface area (Å²) in [4.78, 5) is 14.7. The van der Waals surface area contributed by atoms with Gasteiger partial charge in [0.25, 0.3) is 0 Å². The molecule has 0 radical (unpaired) electrons. The van der Waals surface area contributed by atoms with Gasteiger partial charge in [0.15, 0.2) is 5.78 Å². The van der Waals surface area contributed by atoms with Crippen molar-refractivity contribution in [2.45, 2.75) is 31.9 Å². The van der Waals surface area contributed by atoms with Crippen LogP contribution in [0.5, 0.6) is 5.75 Å². The highest BCUT2D eigenvalue weighted by atomic mass is 16.5. The number of allylic oxidation sites excluding steroid dienone is 1. The fourth-order valence-corrected chi connectivity index (χ4v) is 3.52. The first-order valence-electron chi connectivity index (χ1n) is 8.57. The van der Waals surface area contributed by atoms with Gasteiger partial charge in [-0.1, -0.05) is 42.5 Å². The van der Waals surface area contributed by atoms with E-state index in [1.165, 1.54) is 6.42 Å². The zero-order valence-corrected chi connectivity index (χ0v) is 13.7. The lowest BCUT2D eigenvalue weighted by Gasteiger charge is -2.28. The molecule has 2 aromatic carbocycles. The molecule has 0 saturated carbocycles. The smallest absolute Gasteiger partial charge is 0.166 e. The Morgan fingerprint density at radius 2 is 1.83 bits per heavy atom. The maximum atomic E-state index is 12.4. The Bertz CT molecular complexity index is 749. The van der Waals surface area contributed by atoms with Crippen LogP contribution in [-0.4, -0.2) is 23.3 Å². The molecule has 4 rings (SSSR count). The summed E-state index contributed by atoms with van der Waals surface area (Å²) in [7, 11) is 0. The molecule has 1 saturated heterocycles. The number of Topliss-reactive ketones (excluding diaryl/α,β-unsaturated/α-hetero) is 1. The van der Waals surface area contributed by atoms with Gasteiger partial charge in [-0.3, -0.25) is 4.79 Å². The van der Waals surface area contributed by atoms with E-state index < -0.39 is 0 Å². The van der Waals surface area contributed by atoms with Crippen LogP contribution in [0.4, 0.5) is 0 Å². The highest BCUT2D eigenvalue weighted by Crippen LogP contribution is 2.31. The second kappa shape index (κ2) is 6.52. The summed E-state index contributed by atoms with van der Waals surface area (Å²) in [5.41, 5.74) is 2.96. The van der Waals surface area contributed by atoms with Crippen molar-refractivity contribution in [2.75, 3.05) is 6.54 Å². The number of rotatable bonds is 4. The minimum atomic E-state index is 0.260. The van der Waals surface area contributed by atoms with Crippen molar-refractivity contribution in [2.24, 2.45) is 0 Å². The van der Waals surface area contributed by atoms with Gasteiger partial charge < -0.3 is 9.64 Å². The largest absolute Gasteiger partial charge is 0.489 e. The van der Waals surface area contributed by atoms with Crippen LogP contribution in [0.2, 0.25) is 0 Å². The minimum absolute atomic E-state index is 0.260. The lowest BCUT2D eigenvalue weighted by Crippen LogP contribution is -2.32. The molecule has 24 heavy (non-hydrogen) atoms. The molecular formula is C21H21NO2. The van der Waals surface area contributed by atoms with Gasteiger partial charge in [0.05, 0.1) is 0 Å². The van der Waals surface area contributed by atoms with Crippen LogP contribution in [-0.2, 0) is 11.4 Å². The molecule has 2 aliphatic heterocycles. The molecule has 1 unspecified atom stereocenters. The fourth-order valence-electron chi connectivity index (χ4n) is 3.52. The number of ether oxygens (including phenoxy) is 1. The van der Waals surface area contributed by atoms with Crippen molar-refractivity contribution in [3.05, 3.63) is 71.9 Å². The Morgan fingerprint density at radius 3 is 2.62 bits per heavy atom. The maximum absolute atomic E-state index is 12.4. The Morgan fingerprint density at radius 1 is 1.04 bits per heavy atom. The molecule has 1 atom stereocenters. The Labute approximate surface area is 142 Å². The number of carbonyl (C=O) groups excluding carboxylic acids is 1. The summed E-state index contributed by atoms with van der Waals surface area (Å²) < 4.78 is 5.82. The molecule has 2 aliphatic rings. The monoisotopic (exact) mass is 319 g/mol. The molecule has 122 valence electrons. The number of fused-ring (bicyclic) bond motifs is 1. The van der Waals surface area contributed by atoms with Crippen molar-refractivity contribution in [1.29, 1.82) is 0 Å². The van der Waals surface area contributed by atoms with Gasteiger partial charge in [-0.05, 0) is 36.1 Å². The molecular weight excluding hydrogens is 298 g/mol. The normalized spacial score (nSPS) is 19.8. The number of hydrogen-bond donors (Lipinski definition) is 0. The predicted octanol–water partition coefficient (Wildman–Crippen LogP) is 4.04. The first-order chi connectivity index (χ1) is 11.8. The standard InChI is InChI=1S/C21H21NO2/c23-21-13-18-7-4-12-22(18)14-20(21)17-8-10-19(11-9-17)24-15-16-5-2-1-3-6-16/h1-3,5-6,8-11,14,18H,4,7,12-13,15H2. The third kappa shape index (κ3) is 3.07. The highest BCUT2D eigenvalue weighted by molar-refractivity contribution is 6.21. The molecule has 0 amide bonds. The van der Waals surface area contributed by atoms with E-state index in [9.17, 15) is 4.79 Å². The third-order valence-electron chi connectivity index (χ3n) is 4.85. The Kier molecular flexibility index (Phi) is 4.08. The lowest BCUT2D eigenvalue weighted by atomic mass is 9.94. The number of benzene rings is 2. The average molecular weight is 319 g/mol. The fraction of sp³-hybridized carbons (Fsp3) is 0.286. The maximum Gasteiger partial charge on any atom is 0.166 e. The third-order valence-corrected chi connectivity index (χ3v) is 4.85. The molecule has 0 bridgehead atoms. The van der Waals surface area contributed by atoms with Gasteiger partial charge in [0.2, 0.25) is 0 Å². The second-order valence-corrected chi connectivity index (χ2v) is 6.50. The van der Waals surface area contributed by atoms with E-state index in [0.717, 1.165) is 35.4 Å². The summed E-state index contributed by atoms with van der Waals surface area (Å²) >= 11 is 0. The zero-order valence-electron chi connectivity index (χ0n) is 13.7. The molecule has 3 heteroatoms. The molecule has 0 aromatic heterocycles. The van der Waals surface area contributed by atoms with E-state index in [2.05, 4.69) is 11.1 Å². The molecule has 0 spiro atoms. The summed E-state index contributed by atoms with van der Waals surface area (Å²) in [6, 6.07) is 18.4. The summed E-state index contributed by atoms with van der Waals surface area (Å²) in [6.45, 7) is 1.62. The Hall–Kier alpha value is -2.55. The zero-order chi connectivity index (χ0) is 16.4. The molecule has 1 fully saturated rings. The molecule has 2 heterocycles. The van der Waals surface area contributed by atoms with Crippen LogP contribution >= 0.6 is 0 Å². The quantitative estimate of drug-likeness (QED) is 0.851. The molecule has 2 aromatic rings. The van der Waals surface area contributed by atoms with Crippen LogP contribution in [0.15, 0.2) is 60.8 Å². The van der Waals surface area contributed by atoms with Crippen molar-refractivity contribution in [1.82, 2.24) is 4.90 Å². The van der Waals surface area contributed by atoms with Crippen LogP contribution in [0.3, 0.4) is 0 Å². The van der Waals surface area contributed by atoms with Gasteiger partial charge in [-0.2, -0.15) is 0 Å². The molecule has 0 N–H and O–H groups in total. The van der Waals surface area contributed by atoms with Crippen LogP contribution in [0, 0.1) is 0 Å². The molecule has 3 nitrogen and oxygen atoms in total. The second-order valence-electron chi connectivity index (χ2n) is 6.50. The topological polar surface area (TPSA) is 29.5 Å². The van der Waals surface area contributed by atoms with E-state index in [1.807, 2.05) is 54.6 Å². The summed E-state index contributed by atoms with van der Waals surface area (Å²) in [5, 5.41) is 0. The van der Waals surface area contributed by atoms with Crippen molar-refractivity contribution in [3.8, 4) is 5.75 Å². The van der Waals surface area contributed by atoms with E-state index in [1.54, 1.807) is 0 Å². The predicted molar refractivity (Wildman–Crippen MR) is 94.5 cm³/mol. The van der Waals surface area contributed by atoms with Gasteiger partial charge in [0, 0.05) is 30.8 Å². The van der Waals surface area contributed by atoms with E-state index in [-0.39, 0.29) is 5.78 Å². The van der Waals surface area contributed by atoms with E-state index in [0.29, 0.717) is 19.1 Å². The lowest BCUT2D eigenvalue weighted by molar-refractivity contribution is -0.115. The van der Waals surface area contributed by atoms with Gasteiger partial charge in [-0.15, -0.1) is 0 Å². The SMILES string of the molecule is O=C1CC2CCCN2C=C1c1ccc(OCc2ccccc2)cc1. The van der Waals surface area contributed by atoms with Crippen molar-refractivity contribution < 1.29 is 9.53 Å². The summed E-state index contributed by atoms with van der Waals surface area (Å²) in [5.74, 6) is 1.08. The van der Waals surface area contributed by atoms with E-state index in [4.69, 9.17) is 4.74 Å². The van der Waals surface area contributed by atoms with Gasteiger partial charge in [-0.25, -0.2) is 0 Å². The first kappa shape index (κ1) is 15.0. The summed E-state index contributed by atoms with van der Waals surface area (Å²) in [6.07, 6.45) is 5.04. The van der Waals surface area contributed by atoms with Crippen molar-refractivity contribution >= 4 is 11.4 Å². The van der Waals surface area contributed by atoms with Gasteiger partial charge in [0.1, 0.15) is 12.4 Å².